The van der Waals surface area contributed by atoms with Crippen LogP contribution in [0.5, 0.6) is 0 Å². The molecule has 2 atom stereocenters. The fourth-order valence-electron chi connectivity index (χ4n) is 1.24. The molecule has 0 bridgehead atoms. The van der Waals surface area contributed by atoms with Crippen LogP contribution in [0, 0.1) is 0 Å². The van der Waals surface area contributed by atoms with Gasteiger partial charge in [0.15, 0.2) is 5.78 Å². The van der Waals surface area contributed by atoms with Crippen molar-refractivity contribution in [3.8, 4) is 0 Å². The van der Waals surface area contributed by atoms with Crippen LogP contribution in [0.3, 0.4) is 0 Å². The zero-order valence-corrected chi connectivity index (χ0v) is 6.13. The van der Waals surface area contributed by atoms with Gasteiger partial charge in [-0.05, 0) is 13.0 Å². The number of aliphatic hydroxyl groups is 1. The molecule has 1 saturated heterocycles. The Morgan fingerprint density at radius 1 is 1.80 bits per heavy atom. The first-order valence-corrected chi connectivity index (χ1v) is 3.70. The average molecular weight is 143 g/mol. The second-order valence-corrected chi connectivity index (χ2v) is 2.61. The predicted octanol–water partition coefficient (Wildman–Crippen LogP) is -0.312. The number of aliphatic hydroxyl groups excluding tert-OH is 1. The first-order chi connectivity index (χ1) is 4.75. The van der Waals surface area contributed by atoms with E-state index in [1.807, 2.05) is 6.92 Å². The molecule has 0 aromatic rings. The molecule has 0 aliphatic carbocycles. The molecular weight excluding hydrogens is 130 g/mol. The Hall–Kier alpha value is -0.410. The van der Waals surface area contributed by atoms with E-state index in [4.69, 9.17) is 0 Å². The molecule has 1 fully saturated rings. The van der Waals surface area contributed by atoms with Crippen LogP contribution in [-0.2, 0) is 4.79 Å². The van der Waals surface area contributed by atoms with Crippen molar-refractivity contribution < 1.29 is 9.90 Å². The Morgan fingerprint density at radius 3 is 2.90 bits per heavy atom. The molecule has 1 aliphatic heterocycles. The van der Waals surface area contributed by atoms with Crippen LogP contribution < -0.4 is 5.32 Å². The third-order valence-electron chi connectivity index (χ3n) is 1.88. The summed E-state index contributed by atoms with van der Waals surface area (Å²) in [5.41, 5.74) is 0. The summed E-state index contributed by atoms with van der Waals surface area (Å²) in [6.07, 6.45) is 0.762. The van der Waals surface area contributed by atoms with Gasteiger partial charge in [0.25, 0.3) is 0 Å². The SMILES string of the molecule is CCC(=O)[C@H]1NCC[C@H]1O. The molecule has 0 radical (unpaired) electrons. The third-order valence-corrected chi connectivity index (χ3v) is 1.88. The minimum Gasteiger partial charge on any atom is -0.391 e. The summed E-state index contributed by atoms with van der Waals surface area (Å²) < 4.78 is 0. The smallest absolute Gasteiger partial charge is 0.152 e. The normalized spacial score (nSPS) is 32.6. The molecule has 0 unspecified atom stereocenters. The highest BCUT2D eigenvalue weighted by Gasteiger charge is 2.29. The Morgan fingerprint density at radius 2 is 2.50 bits per heavy atom. The molecule has 1 aliphatic rings. The van der Waals surface area contributed by atoms with E-state index in [1.54, 1.807) is 0 Å². The van der Waals surface area contributed by atoms with Gasteiger partial charge in [-0.15, -0.1) is 0 Å². The number of rotatable bonds is 2. The number of Topliss-reactive ketones (excluding diaryl/α,β-unsaturated/α-hetero) is 1. The Bertz CT molecular complexity index is 136. The van der Waals surface area contributed by atoms with E-state index in [1.165, 1.54) is 0 Å². The molecule has 0 aromatic carbocycles. The van der Waals surface area contributed by atoms with E-state index in [9.17, 15) is 9.90 Å². The molecule has 0 aromatic heterocycles. The van der Waals surface area contributed by atoms with Crippen molar-refractivity contribution in [3.05, 3.63) is 0 Å². The summed E-state index contributed by atoms with van der Waals surface area (Å²) in [4.78, 5) is 11.0. The van der Waals surface area contributed by atoms with Crippen LogP contribution in [0.1, 0.15) is 19.8 Å². The standard InChI is InChI=1S/C7H13NO2/c1-2-5(9)7-6(10)3-4-8-7/h6-8,10H,2-4H2,1H3/t6-,7-/m1/s1. The van der Waals surface area contributed by atoms with E-state index >= 15 is 0 Å². The fourth-order valence-corrected chi connectivity index (χ4v) is 1.24. The Labute approximate surface area is 60.4 Å². The zero-order valence-electron chi connectivity index (χ0n) is 6.13. The summed E-state index contributed by atoms with van der Waals surface area (Å²) in [5, 5.41) is 12.2. The number of carbonyl (C=O) groups is 1. The highest BCUT2D eigenvalue weighted by atomic mass is 16.3. The summed E-state index contributed by atoms with van der Waals surface area (Å²) >= 11 is 0. The Kier molecular flexibility index (Phi) is 2.40. The quantitative estimate of drug-likeness (QED) is 0.557. The molecule has 0 amide bonds. The highest BCUT2D eigenvalue weighted by Crippen LogP contribution is 2.08. The van der Waals surface area contributed by atoms with Crippen LogP contribution in [0.4, 0.5) is 0 Å². The molecule has 1 rings (SSSR count). The van der Waals surface area contributed by atoms with E-state index in [0.29, 0.717) is 12.8 Å². The average Bonchev–Trinajstić information content (AvgIpc) is 2.34. The van der Waals surface area contributed by atoms with Crippen LogP contribution in [-0.4, -0.2) is 29.6 Å². The number of hydrogen-bond donors (Lipinski definition) is 2. The Balaban J connectivity index is 2.46. The van der Waals surface area contributed by atoms with Crippen molar-refractivity contribution in [3.63, 3.8) is 0 Å². The summed E-state index contributed by atoms with van der Waals surface area (Å²) in [6.45, 7) is 2.58. The van der Waals surface area contributed by atoms with Crippen molar-refractivity contribution in [1.29, 1.82) is 0 Å². The maximum Gasteiger partial charge on any atom is 0.152 e. The lowest BCUT2D eigenvalue weighted by Crippen LogP contribution is -2.37. The van der Waals surface area contributed by atoms with Gasteiger partial charge in [-0.25, -0.2) is 0 Å². The molecule has 3 heteroatoms. The van der Waals surface area contributed by atoms with Gasteiger partial charge >= 0.3 is 0 Å². The number of ketones is 1. The third kappa shape index (κ3) is 1.36. The monoisotopic (exact) mass is 143 g/mol. The largest absolute Gasteiger partial charge is 0.391 e. The van der Waals surface area contributed by atoms with Crippen LogP contribution in [0.25, 0.3) is 0 Å². The van der Waals surface area contributed by atoms with E-state index < -0.39 is 6.10 Å². The summed E-state index contributed by atoms with van der Waals surface area (Å²) in [7, 11) is 0. The van der Waals surface area contributed by atoms with Gasteiger partial charge < -0.3 is 10.4 Å². The lowest BCUT2D eigenvalue weighted by atomic mass is 10.1. The maximum atomic E-state index is 11.0. The van der Waals surface area contributed by atoms with Gasteiger partial charge in [-0.2, -0.15) is 0 Å². The second-order valence-electron chi connectivity index (χ2n) is 2.61. The molecule has 1 heterocycles. The van der Waals surface area contributed by atoms with Gasteiger partial charge in [0.2, 0.25) is 0 Å². The van der Waals surface area contributed by atoms with Crippen LogP contribution in [0.15, 0.2) is 0 Å². The topological polar surface area (TPSA) is 49.3 Å². The van der Waals surface area contributed by atoms with Crippen molar-refractivity contribution in [2.45, 2.75) is 31.9 Å². The van der Waals surface area contributed by atoms with E-state index in [2.05, 4.69) is 5.32 Å². The van der Waals surface area contributed by atoms with Crippen LogP contribution >= 0.6 is 0 Å². The van der Waals surface area contributed by atoms with Crippen LogP contribution in [0.2, 0.25) is 0 Å². The molecule has 3 nitrogen and oxygen atoms in total. The zero-order chi connectivity index (χ0) is 7.56. The second kappa shape index (κ2) is 3.12. The van der Waals surface area contributed by atoms with Crippen molar-refractivity contribution in [2.75, 3.05) is 6.54 Å². The van der Waals surface area contributed by atoms with Crippen molar-refractivity contribution >= 4 is 5.78 Å². The molecule has 58 valence electrons. The minimum atomic E-state index is -0.451. The molecule has 10 heavy (non-hydrogen) atoms. The van der Waals surface area contributed by atoms with Gasteiger partial charge in [-0.1, -0.05) is 6.92 Å². The van der Waals surface area contributed by atoms with Gasteiger partial charge in [0, 0.05) is 6.42 Å². The maximum absolute atomic E-state index is 11.0. The molecule has 2 N–H and O–H groups in total. The number of nitrogens with one attached hydrogen (secondary N) is 1. The summed E-state index contributed by atoms with van der Waals surface area (Å²) in [5.74, 6) is 0.116. The first-order valence-electron chi connectivity index (χ1n) is 3.70. The van der Waals surface area contributed by atoms with Gasteiger partial charge in [0.05, 0.1) is 12.1 Å². The molecular formula is C7H13NO2. The van der Waals surface area contributed by atoms with Gasteiger partial charge in [0.1, 0.15) is 0 Å². The fraction of sp³-hybridized carbons (Fsp3) is 0.857. The minimum absolute atomic E-state index is 0.116. The predicted molar refractivity (Wildman–Crippen MR) is 37.7 cm³/mol. The van der Waals surface area contributed by atoms with E-state index in [0.717, 1.165) is 6.54 Å². The van der Waals surface area contributed by atoms with Gasteiger partial charge in [-0.3, -0.25) is 4.79 Å². The lowest BCUT2D eigenvalue weighted by molar-refractivity contribution is -0.122. The molecule has 0 saturated carbocycles. The number of carbonyl (C=O) groups excluding carboxylic acids is 1. The van der Waals surface area contributed by atoms with E-state index in [-0.39, 0.29) is 11.8 Å². The first kappa shape index (κ1) is 7.69. The highest BCUT2D eigenvalue weighted by molar-refractivity contribution is 5.84. The van der Waals surface area contributed by atoms with Crippen molar-refractivity contribution in [2.24, 2.45) is 0 Å². The number of hydrogen-bond acceptors (Lipinski definition) is 3. The summed E-state index contributed by atoms with van der Waals surface area (Å²) in [6, 6.07) is -0.287. The molecule has 0 spiro atoms. The van der Waals surface area contributed by atoms with Crippen molar-refractivity contribution in [1.82, 2.24) is 5.32 Å². The lowest BCUT2D eigenvalue weighted by Gasteiger charge is -2.10.